The molecule has 0 heterocycles. The number of rotatable bonds is 4. The molecule has 4 nitrogen and oxygen atoms in total. The van der Waals surface area contributed by atoms with E-state index in [-0.39, 0.29) is 5.91 Å². The molecule has 0 aliphatic heterocycles. The number of methoxy groups -OCH3 is 2. The van der Waals surface area contributed by atoms with Gasteiger partial charge in [0.1, 0.15) is 0 Å². The number of amides is 1. The number of carbonyl (C=O) groups excluding carboxylic acids is 1. The largest absolute Gasteiger partial charge is 0.493 e. The first-order valence-electron chi connectivity index (χ1n) is 6.34. The fourth-order valence-electron chi connectivity index (χ4n) is 1.90. The predicted octanol–water partition coefficient (Wildman–Crippen LogP) is 3.92. The summed E-state index contributed by atoms with van der Waals surface area (Å²) in [5, 5.41) is 3.41. The van der Waals surface area contributed by atoms with Crippen LogP contribution in [-0.4, -0.2) is 20.1 Å². The maximum absolute atomic E-state index is 12.3. The number of carbonyl (C=O) groups is 1. The molecule has 2 rings (SSSR count). The van der Waals surface area contributed by atoms with E-state index in [1.807, 2.05) is 13.0 Å². The van der Waals surface area contributed by atoms with Gasteiger partial charge in [0.05, 0.1) is 14.2 Å². The molecule has 110 valence electrons. The van der Waals surface area contributed by atoms with Gasteiger partial charge in [0.25, 0.3) is 5.91 Å². The van der Waals surface area contributed by atoms with Crippen LogP contribution in [0.4, 0.5) is 5.69 Å². The summed E-state index contributed by atoms with van der Waals surface area (Å²) in [4.78, 5) is 12.3. The number of hydrogen-bond acceptors (Lipinski definition) is 3. The van der Waals surface area contributed by atoms with Gasteiger partial charge in [0.2, 0.25) is 0 Å². The fourth-order valence-corrected chi connectivity index (χ4v) is 2.07. The fraction of sp³-hybridized carbons (Fsp3) is 0.188. The van der Waals surface area contributed by atoms with E-state index in [0.717, 1.165) is 5.56 Å². The summed E-state index contributed by atoms with van der Waals surface area (Å²) in [7, 11) is 3.08. The minimum Gasteiger partial charge on any atom is -0.493 e. The molecule has 0 aliphatic rings. The Kier molecular flexibility index (Phi) is 4.70. The number of ether oxygens (including phenoxy) is 2. The number of aryl methyl sites for hydroxylation is 1. The molecule has 21 heavy (non-hydrogen) atoms. The molecular weight excluding hydrogens is 290 g/mol. The van der Waals surface area contributed by atoms with Crippen molar-refractivity contribution in [3.63, 3.8) is 0 Å². The second-order valence-corrected chi connectivity index (χ2v) is 4.92. The van der Waals surface area contributed by atoms with Crippen molar-refractivity contribution in [1.82, 2.24) is 0 Å². The second-order valence-electron chi connectivity index (χ2n) is 4.48. The van der Waals surface area contributed by atoms with Gasteiger partial charge in [-0.3, -0.25) is 4.79 Å². The zero-order valence-electron chi connectivity index (χ0n) is 12.1. The van der Waals surface area contributed by atoms with Gasteiger partial charge in [-0.15, -0.1) is 0 Å². The van der Waals surface area contributed by atoms with E-state index in [1.54, 1.807) is 37.4 Å². The Morgan fingerprint density at radius 3 is 2.43 bits per heavy atom. The van der Waals surface area contributed by atoms with Gasteiger partial charge in [-0.05, 0) is 42.8 Å². The third-order valence-electron chi connectivity index (χ3n) is 3.09. The van der Waals surface area contributed by atoms with Crippen LogP contribution in [0.2, 0.25) is 5.02 Å². The Labute approximate surface area is 128 Å². The van der Waals surface area contributed by atoms with Gasteiger partial charge in [0.15, 0.2) is 11.5 Å². The van der Waals surface area contributed by atoms with Crippen LogP contribution in [0.15, 0.2) is 36.4 Å². The van der Waals surface area contributed by atoms with E-state index in [4.69, 9.17) is 21.1 Å². The maximum atomic E-state index is 12.3. The molecule has 0 spiro atoms. The molecule has 0 atom stereocenters. The second kappa shape index (κ2) is 6.50. The normalized spacial score (nSPS) is 10.1. The van der Waals surface area contributed by atoms with Crippen molar-refractivity contribution in [2.45, 2.75) is 6.92 Å². The van der Waals surface area contributed by atoms with Crippen LogP contribution in [0.5, 0.6) is 11.5 Å². The molecule has 0 bridgehead atoms. The van der Waals surface area contributed by atoms with Crippen molar-refractivity contribution in [1.29, 1.82) is 0 Å². The van der Waals surface area contributed by atoms with E-state index in [9.17, 15) is 4.79 Å². The van der Waals surface area contributed by atoms with E-state index < -0.39 is 0 Å². The van der Waals surface area contributed by atoms with Gasteiger partial charge >= 0.3 is 0 Å². The molecule has 0 saturated heterocycles. The number of benzene rings is 2. The van der Waals surface area contributed by atoms with Crippen LogP contribution in [0.25, 0.3) is 0 Å². The molecular formula is C16H16ClNO3. The Morgan fingerprint density at radius 1 is 1.05 bits per heavy atom. The quantitative estimate of drug-likeness (QED) is 0.931. The van der Waals surface area contributed by atoms with Gasteiger partial charge in [0, 0.05) is 16.3 Å². The highest BCUT2D eigenvalue weighted by molar-refractivity contribution is 6.31. The zero-order chi connectivity index (χ0) is 15.4. The molecule has 1 amide bonds. The molecule has 0 saturated carbocycles. The Hall–Kier alpha value is -2.20. The highest BCUT2D eigenvalue weighted by atomic mass is 35.5. The van der Waals surface area contributed by atoms with Crippen LogP contribution >= 0.6 is 11.6 Å². The van der Waals surface area contributed by atoms with Gasteiger partial charge in [-0.25, -0.2) is 0 Å². The SMILES string of the molecule is COc1ccc(C(=O)Nc2cc(Cl)ccc2C)cc1OC. The van der Waals surface area contributed by atoms with Gasteiger partial charge in [-0.2, -0.15) is 0 Å². The zero-order valence-corrected chi connectivity index (χ0v) is 12.8. The Bertz CT molecular complexity index is 671. The number of hydrogen-bond donors (Lipinski definition) is 1. The van der Waals surface area contributed by atoms with E-state index >= 15 is 0 Å². The molecule has 5 heteroatoms. The van der Waals surface area contributed by atoms with Crippen molar-refractivity contribution in [3.05, 3.63) is 52.5 Å². The van der Waals surface area contributed by atoms with Gasteiger partial charge in [-0.1, -0.05) is 17.7 Å². The Morgan fingerprint density at radius 2 is 1.76 bits per heavy atom. The monoisotopic (exact) mass is 305 g/mol. The summed E-state index contributed by atoms with van der Waals surface area (Å²) in [6.07, 6.45) is 0. The third-order valence-corrected chi connectivity index (χ3v) is 3.33. The van der Waals surface area contributed by atoms with E-state index in [1.165, 1.54) is 7.11 Å². The lowest BCUT2D eigenvalue weighted by Gasteiger charge is -2.11. The topological polar surface area (TPSA) is 47.6 Å². The summed E-state index contributed by atoms with van der Waals surface area (Å²) in [6, 6.07) is 10.4. The molecule has 0 unspecified atom stereocenters. The first-order chi connectivity index (χ1) is 10.0. The van der Waals surface area contributed by atoms with Crippen LogP contribution in [-0.2, 0) is 0 Å². The molecule has 0 aromatic heterocycles. The average molecular weight is 306 g/mol. The molecule has 0 radical (unpaired) electrons. The summed E-state index contributed by atoms with van der Waals surface area (Å²) >= 11 is 5.95. The van der Waals surface area contributed by atoms with Crippen molar-refractivity contribution < 1.29 is 14.3 Å². The lowest BCUT2D eigenvalue weighted by molar-refractivity contribution is 0.102. The molecule has 0 fully saturated rings. The highest BCUT2D eigenvalue weighted by Gasteiger charge is 2.12. The minimum absolute atomic E-state index is 0.235. The Balaban J connectivity index is 2.26. The lowest BCUT2D eigenvalue weighted by atomic mass is 10.1. The summed E-state index contributed by atoms with van der Waals surface area (Å²) in [5.41, 5.74) is 2.10. The van der Waals surface area contributed by atoms with Crippen molar-refractivity contribution in [2.24, 2.45) is 0 Å². The minimum atomic E-state index is -0.235. The lowest BCUT2D eigenvalue weighted by Crippen LogP contribution is -2.13. The number of halogens is 1. The first kappa shape index (κ1) is 15.2. The first-order valence-corrected chi connectivity index (χ1v) is 6.72. The molecule has 0 aliphatic carbocycles. The number of anilines is 1. The molecule has 2 aromatic carbocycles. The number of nitrogens with one attached hydrogen (secondary N) is 1. The predicted molar refractivity (Wildman–Crippen MR) is 83.7 cm³/mol. The molecule has 2 aromatic rings. The van der Waals surface area contributed by atoms with Crippen LogP contribution < -0.4 is 14.8 Å². The van der Waals surface area contributed by atoms with Crippen LogP contribution in [0.1, 0.15) is 15.9 Å². The standard InChI is InChI=1S/C16H16ClNO3/c1-10-4-6-12(17)9-13(10)18-16(19)11-5-7-14(20-2)15(8-11)21-3/h4-9H,1-3H3,(H,18,19). The van der Waals surface area contributed by atoms with Gasteiger partial charge < -0.3 is 14.8 Å². The van der Waals surface area contributed by atoms with Crippen molar-refractivity contribution in [3.8, 4) is 11.5 Å². The third kappa shape index (κ3) is 3.47. The maximum Gasteiger partial charge on any atom is 0.255 e. The smallest absolute Gasteiger partial charge is 0.255 e. The van der Waals surface area contributed by atoms with Crippen LogP contribution in [0.3, 0.4) is 0 Å². The van der Waals surface area contributed by atoms with E-state index in [0.29, 0.717) is 27.8 Å². The van der Waals surface area contributed by atoms with Crippen molar-refractivity contribution >= 4 is 23.2 Å². The van der Waals surface area contributed by atoms with Crippen molar-refractivity contribution in [2.75, 3.05) is 19.5 Å². The summed E-state index contributed by atoms with van der Waals surface area (Å²) < 4.78 is 10.3. The van der Waals surface area contributed by atoms with Crippen LogP contribution in [0, 0.1) is 6.92 Å². The summed E-state index contributed by atoms with van der Waals surface area (Å²) in [6.45, 7) is 1.90. The highest BCUT2D eigenvalue weighted by Crippen LogP contribution is 2.28. The summed E-state index contributed by atoms with van der Waals surface area (Å²) in [5.74, 6) is 0.849. The molecule has 1 N–H and O–H groups in total. The van der Waals surface area contributed by atoms with E-state index in [2.05, 4.69) is 5.32 Å². The average Bonchev–Trinajstić information content (AvgIpc) is 2.50.